The topological polar surface area (TPSA) is 67.9 Å². The number of fused-ring (bicyclic) bond motifs is 1. The predicted molar refractivity (Wildman–Crippen MR) is 110 cm³/mol. The fourth-order valence-electron chi connectivity index (χ4n) is 3.87. The predicted octanol–water partition coefficient (Wildman–Crippen LogP) is 2.78. The highest BCUT2D eigenvalue weighted by atomic mass is 35.5. The Morgan fingerprint density at radius 3 is 2.79 bits per heavy atom. The van der Waals surface area contributed by atoms with Gasteiger partial charge >= 0.3 is 0 Å². The van der Waals surface area contributed by atoms with Gasteiger partial charge in [-0.05, 0) is 36.8 Å². The van der Waals surface area contributed by atoms with Gasteiger partial charge in [-0.3, -0.25) is 0 Å². The first-order valence-corrected chi connectivity index (χ1v) is 10.6. The van der Waals surface area contributed by atoms with Gasteiger partial charge in [-0.2, -0.15) is 4.31 Å². The third kappa shape index (κ3) is 3.72. The van der Waals surface area contributed by atoms with Crippen molar-refractivity contribution in [1.29, 1.82) is 0 Å². The van der Waals surface area contributed by atoms with E-state index in [-0.39, 0.29) is 24.6 Å². The van der Waals surface area contributed by atoms with Crippen LogP contribution in [0.2, 0.25) is 0 Å². The highest BCUT2D eigenvalue weighted by molar-refractivity contribution is 7.89. The van der Waals surface area contributed by atoms with Crippen LogP contribution in [0, 0.1) is 0 Å². The lowest BCUT2D eigenvalue weighted by molar-refractivity contribution is 0.254. The molecule has 0 aromatic heterocycles. The lowest BCUT2D eigenvalue weighted by Gasteiger charge is -2.36. The molecule has 1 saturated heterocycles. The summed E-state index contributed by atoms with van der Waals surface area (Å²) in [6.45, 7) is 3.57. The number of nitrogens with one attached hydrogen (secondary N) is 1. The van der Waals surface area contributed by atoms with Gasteiger partial charge in [0.25, 0.3) is 0 Å². The van der Waals surface area contributed by atoms with E-state index in [4.69, 9.17) is 9.47 Å². The molecule has 8 heteroatoms. The zero-order valence-corrected chi connectivity index (χ0v) is 17.6. The Bertz CT molecular complexity index is 951. The van der Waals surface area contributed by atoms with Gasteiger partial charge in [0.05, 0.1) is 18.0 Å². The van der Waals surface area contributed by atoms with Gasteiger partial charge in [-0.15, -0.1) is 12.4 Å². The van der Waals surface area contributed by atoms with Gasteiger partial charge in [0.15, 0.2) is 0 Å². The monoisotopic (exact) mass is 424 g/mol. The van der Waals surface area contributed by atoms with Crippen molar-refractivity contribution in [3.05, 3.63) is 53.6 Å². The van der Waals surface area contributed by atoms with E-state index in [1.54, 1.807) is 29.6 Å². The molecule has 2 unspecified atom stereocenters. The number of piperazine rings is 1. The summed E-state index contributed by atoms with van der Waals surface area (Å²) in [5.41, 5.74) is 1.82. The summed E-state index contributed by atoms with van der Waals surface area (Å²) in [5.74, 6) is 1.48. The smallest absolute Gasteiger partial charge is 0.243 e. The first-order chi connectivity index (χ1) is 13.0. The number of hydrogen-bond donors (Lipinski definition) is 1. The van der Waals surface area contributed by atoms with E-state index in [1.165, 1.54) is 0 Å². The van der Waals surface area contributed by atoms with E-state index in [1.807, 2.05) is 31.2 Å². The molecule has 0 saturated carbocycles. The van der Waals surface area contributed by atoms with Crippen LogP contribution < -0.4 is 14.8 Å². The van der Waals surface area contributed by atoms with Gasteiger partial charge < -0.3 is 14.8 Å². The largest absolute Gasteiger partial charge is 0.496 e. The fraction of sp³-hybridized carbons (Fsp3) is 0.400. The van der Waals surface area contributed by atoms with Crippen LogP contribution in [0.5, 0.6) is 11.5 Å². The number of hydrogen-bond acceptors (Lipinski definition) is 5. The maximum absolute atomic E-state index is 13.5. The minimum Gasteiger partial charge on any atom is -0.496 e. The van der Waals surface area contributed by atoms with Crippen molar-refractivity contribution in [1.82, 2.24) is 9.62 Å². The molecule has 4 rings (SSSR count). The Morgan fingerprint density at radius 2 is 2.00 bits per heavy atom. The third-order valence-corrected chi connectivity index (χ3v) is 7.07. The minimum atomic E-state index is -3.64. The number of methoxy groups -OCH3 is 1. The second-order valence-corrected chi connectivity index (χ2v) is 8.87. The molecule has 1 N–H and O–H groups in total. The zero-order chi connectivity index (χ0) is 19.0. The molecule has 28 heavy (non-hydrogen) atoms. The molecule has 0 aliphatic carbocycles. The summed E-state index contributed by atoms with van der Waals surface area (Å²) in [5, 5.41) is 3.30. The maximum atomic E-state index is 13.5. The molecule has 2 aliphatic heterocycles. The number of sulfonamides is 1. The molecule has 0 bridgehead atoms. The number of rotatable bonds is 4. The molecular formula is C20H25ClN2O4S. The van der Waals surface area contributed by atoms with E-state index in [0.29, 0.717) is 30.3 Å². The van der Waals surface area contributed by atoms with Crippen molar-refractivity contribution in [3.63, 3.8) is 0 Å². The molecule has 2 aromatic carbocycles. The number of nitrogens with zero attached hydrogens (tertiary/aromatic N) is 1. The average molecular weight is 425 g/mol. The van der Waals surface area contributed by atoms with Gasteiger partial charge in [-0.25, -0.2) is 8.42 Å². The lowest BCUT2D eigenvalue weighted by Crippen LogP contribution is -2.48. The highest BCUT2D eigenvalue weighted by Gasteiger charge is 2.36. The molecule has 1 fully saturated rings. The Labute approximate surface area is 172 Å². The van der Waals surface area contributed by atoms with Crippen molar-refractivity contribution < 1.29 is 17.9 Å². The number of halogens is 1. The van der Waals surface area contributed by atoms with Crippen molar-refractivity contribution >= 4 is 22.4 Å². The molecule has 2 aliphatic rings. The number of para-hydroxylation sites is 1. The van der Waals surface area contributed by atoms with Crippen LogP contribution in [0.25, 0.3) is 0 Å². The first-order valence-electron chi connectivity index (χ1n) is 9.16. The summed E-state index contributed by atoms with van der Waals surface area (Å²) < 4.78 is 39.7. The van der Waals surface area contributed by atoms with Crippen molar-refractivity contribution in [2.24, 2.45) is 0 Å². The lowest BCUT2D eigenvalue weighted by atomic mass is 10.0. The maximum Gasteiger partial charge on any atom is 0.243 e. The molecule has 2 aromatic rings. The van der Waals surface area contributed by atoms with Crippen LogP contribution in [0.1, 0.15) is 24.1 Å². The fourth-order valence-corrected chi connectivity index (χ4v) is 5.53. The molecule has 0 spiro atoms. The van der Waals surface area contributed by atoms with Gasteiger partial charge in [0.1, 0.15) is 17.6 Å². The molecule has 6 nitrogen and oxygen atoms in total. The van der Waals surface area contributed by atoms with Crippen molar-refractivity contribution in [2.45, 2.75) is 30.4 Å². The van der Waals surface area contributed by atoms with E-state index in [0.717, 1.165) is 23.3 Å². The molecule has 2 heterocycles. The Hall–Kier alpha value is -1.80. The molecular weight excluding hydrogens is 400 g/mol. The zero-order valence-electron chi connectivity index (χ0n) is 15.9. The quantitative estimate of drug-likeness (QED) is 0.817. The third-order valence-electron chi connectivity index (χ3n) is 5.17. The standard InChI is InChI=1S/C20H24N2O4S.ClH/c1-14-11-15-12-16(7-8-19(15)26-14)27(23,24)22-10-9-21-13-18(22)17-5-3-4-6-20(17)25-2;/h3-8,12,14,18,21H,9-11,13H2,1-2H3;1H. The second kappa shape index (κ2) is 8.29. The SMILES string of the molecule is COc1ccccc1C1CNCCN1S(=O)(=O)c1ccc2c(c1)CC(C)O2.Cl. The summed E-state index contributed by atoms with van der Waals surface area (Å²) >= 11 is 0. The van der Waals surface area contributed by atoms with Gasteiger partial charge in [0, 0.05) is 31.6 Å². The highest BCUT2D eigenvalue weighted by Crippen LogP contribution is 2.36. The molecule has 0 radical (unpaired) electrons. The van der Waals surface area contributed by atoms with E-state index in [2.05, 4.69) is 5.32 Å². The van der Waals surface area contributed by atoms with Crippen LogP contribution >= 0.6 is 12.4 Å². The Kier molecular flexibility index (Phi) is 6.19. The summed E-state index contributed by atoms with van der Waals surface area (Å²) in [4.78, 5) is 0.320. The van der Waals surface area contributed by atoms with Gasteiger partial charge in [0.2, 0.25) is 10.0 Å². The van der Waals surface area contributed by atoms with Crippen LogP contribution in [0.15, 0.2) is 47.4 Å². The average Bonchev–Trinajstić information content (AvgIpc) is 3.07. The number of benzene rings is 2. The van der Waals surface area contributed by atoms with Crippen LogP contribution in [-0.4, -0.2) is 45.6 Å². The number of ether oxygens (including phenoxy) is 2. The summed E-state index contributed by atoms with van der Waals surface area (Å²) in [6.07, 6.45) is 0.814. The van der Waals surface area contributed by atoms with Gasteiger partial charge in [-0.1, -0.05) is 18.2 Å². The summed E-state index contributed by atoms with van der Waals surface area (Å²) in [7, 11) is -2.03. The molecule has 0 amide bonds. The molecule has 152 valence electrons. The second-order valence-electron chi connectivity index (χ2n) is 6.98. The molecule has 2 atom stereocenters. The van der Waals surface area contributed by atoms with E-state index >= 15 is 0 Å². The van der Waals surface area contributed by atoms with Crippen molar-refractivity contribution in [2.75, 3.05) is 26.7 Å². The van der Waals surface area contributed by atoms with Crippen LogP contribution in [-0.2, 0) is 16.4 Å². The van der Waals surface area contributed by atoms with E-state index in [9.17, 15) is 8.42 Å². The minimum absolute atomic E-state index is 0. The van der Waals surface area contributed by atoms with E-state index < -0.39 is 10.0 Å². The Balaban J connectivity index is 0.00000225. The summed E-state index contributed by atoms with van der Waals surface area (Å²) in [6, 6.07) is 12.4. The van der Waals surface area contributed by atoms with Crippen molar-refractivity contribution in [3.8, 4) is 11.5 Å². The Morgan fingerprint density at radius 1 is 1.21 bits per heavy atom. The normalized spacial score (nSPS) is 22.1. The first kappa shape index (κ1) is 20.9. The van der Waals surface area contributed by atoms with Crippen LogP contribution in [0.4, 0.5) is 0 Å². The van der Waals surface area contributed by atoms with Crippen LogP contribution in [0.3, 0.4) is 0 Å².